The van der Waals surface area contributed by atoms with Gasteiger partial charge < -0.3 is 0 Å². The zero-order valence-corrected chi connectivity index (χ0v) is 8.96. The van der Waals surface area contributed by atoms with Gasteiger partial charge in [0.25, 0.3) is 0 Å². The second-order valence-corrected chi connectivity index (χ2v) is 3.43. The van der Waals surface area contributed by atoms with E-state index in [1.54, 1.807) is 7.11 Å². The van der Waals surface area contributed by atoms with Gasteiger partial charge in [0, 0.05) is 9.13 Å². The second-order valence-electron chi connectivity index (χ2n) is 2.26. The van der Waals surface area contributed by atoms with Gasteiger partial charge in [-0.3, -0.25) is 10.3 Å². The van der Waals surface area contributed by atoms with E-state index in [2.05, 4.69) is 34.6 Å². The summed E-state index contributed by atoms with van der Waals surface area (Å²) in [5.74, 6) is 0. The summed E-state index contributed by atoms with van der Waals surface area (Å²) < 4.78 is 1.16. The van der Waals surface area contributed by atoms with E-state index in [0.717, 1.165) is 14.8 Å². The highest BCUT2D eigenvalue weighted by molar-refractivity contribution is 14.1. The Labute approximate surface area is 85.7 Å². The Balaban J connectivity index is 2.87. The molecule has 1 aromatic rings. The molecule has 0 saturated heterocycles. The summed E-state index contributed by atoms with van der Waals surface area (Å²) in [4.78, 5) is 4.76. The largest absolute Gasteiger partial charge is 0.279 e. The van der Waals surface area contributed by atoms with Gasteiger partial charge in [-0.2, -0.15) is 0 Å². The van der Waals surface area contributed by atoms with Crippen LogP contribution in [0.2, 0.25) is 0 Å². The third kappa shape index (κ3) is 2.22. The van der Waals surface area contributed by atoms with E-state index < -0.39 is 0 Å². The summed E-state index contributed by atoms with van der Waals surface area (Å²) >= 11 is 2.26. The van der Waals surface area contributed by atoms with Gasteiger partial charge in [-0.1, -0.05) is 24.8 Å². The van der Waals surface area contributed by atoms with Gasteiger partial charge in [0.05, 0.1) is 12.8 Å². The molecular formula is C9H10INO. The van der Waals surface area contributed by atoms with E-state index in [9.17, 15) is 0 Å². The molecule has 0 fully saturated rings. The van der Waals surface area contributed by atoms with Crippen molar-refractivity contribution in [2.75, 3.05) is 7.11 Å². The number of hydrogen-bond donors (Lipinski definition) is 1. The smallest absolute Gasteiger partial charge is 0.0636 e. The van der Waals surface area contributed by atoms with Crippen LogP contribution in [0.25, 0.3) is 5.70 Å². The van der Waals surface area contributed by atoms with Crippen LogP contribution in [0.15, 0.2) is 30.8 Å². The molecule has 0 bridgehead atoms. The fourth-order valence-electron chi connectivity index (χ4n) is 0.884. The van der Waals surface area contributed by atoms with Crippen LogP contribution < -0.4 is 5.48 Å². The molecule has 0 aromatic heterocycles. The first-order chi connectivity index (χ1) is 5.75. The molecule has 0 aliphatic heterocycles. The van der Waals surface area contributed by atoms with Crippen molar-refractivity contribution in [2.45, 2.75) is 0 Å². The molecule has 64 valence electrons. The van der Waals surface area contributed by atoms with Gasteiger partial charge in [-0.05, 0) is 28.7 Å². The molecule has 2 nitrogen and oxygen atoms in total. The predicted molar refractivity (Wildman–Crippen MR) is 58.3 cm³/mol. The highest BCUT2D eigenvalue weighted by Gasteiger charge is 2.00. The maximum atomic E-state index is 4.76. The van der Waals surface area contributed by atoms with E-state index in [4.69, 9.17) is 4.84 Å². The Kier molecular flexibility index (Phi) is 3.55. The fourth-order valence-corrected chi connectivity index (χ4v) is 1.60. The molecule has 0 spiro atoms. The minimum Gasteiger partial charge on any atom is -0.279 e. The van der Waals surface area contributed by atoms with Gasteiger partial charge in [-0.25, -0.2) is 0 Å². The average Bonchev–Trinajstić information content (AvgIpc) is 2.05. The molecule has 0 heterocycles. The Bertz CT molecular complexity index is 286. The molecule has 12 heavy (non-hydrogen) atoms. The average molecular weight is 275 g/mol. The van der Waals surface area contributed by atoms with Crippen molar-refractivity contribution in [1.29, 1.82) is 0 Å². The first kappa shape index (κ1) is 9.54. The van der Waals surface area contributed by atoms with E-state index in [1.165, 1.54) is 0 Å². The minimum absolute atomic E-state index is 0.780. The van der Waals surface area contributed by atoms with Crippen molar-refractivity contribution in [3.05, 3.63) is 40.0 Å². The predicted octanol–water partition coefficient (Wildman–Crippen LogP) is 2.41. The minimum atomic E-state index is 0.780. The maximum absolute atomic E-state index is 4.76. The topological polar surface area (TPSA) is 21.3 Å². The van der Waals surface area contributed by atoms with Crippen molar-refractivity contribution in [3.8, 4) is 0 Å². The van der Waals surface area contributed by atoms with Gasteiger partial charge in [0.1, 0.15) is 0 Å². The number of hydrogen-bond acceptors (Lipinski definition) is 2. The lowest BCUT2D eigenvalue weighted by atomic mass is 10.2. The molecule has 0 atom stereocenters. The molecular weight excluding hydrogens is 265 g/mol. The Morgan fingerprint density at radius 2 is 2.17 bits per heavy atom. The van der Waals surface area contributed by atoms with Crippen LogP contribution in [-0.4, -0.2) is 7.11 Å². The molecule has 0 aliphatic rings. The molecule has 0 amide bonds. The zero-order chi connectivity index (χ0) is 8.97. The van der Waals surface area contributed by atoms with Crippen molar-refractivity contribution in [3.63, 3.8) is 0 Å². The van der Waals surface area contributed by atoms with E-state index >= 15 is 0 Å². The van der Waals surface area contributed by atoms with E-state index in [1.807, 2.05) is 24.3 Å². The number of benzene rings is 1. The number of rotatable bonds is 3. The molecule has 0 unspecified atom stereocenters. The van der Waals surface area contributed by atoms with E-state index in [-0.39, 0.29) is 0 Å². The van der Waals surface area contributed by atoms with Crippen LogP contribution in [0, 0.1) is 3.57 Å². The lowest BCUT2D eigenvalue weighted by Gasteiger charge is -2.08. The first-order valence-electron chi connectivity index (χ1n) is 3.48. The van der Waals surface area contributed by atoms with Crippen molar-refractivity contribution in [1.82, 2.24) is 5.48 Å². The van der Waals surface area contributed by atoms with Crippen molar-refractivity contribution >= 4 is 28.3 Å². The Morgan fingerprint density at radius 3 is 2.75 bits per heavy atom. The fraction of sp³-hybridized carbons (Fsp3) is 0.111. The quantitative estimate of drug-likeness (QED) is 0.675. The molecule has 0 saturated carbocycles. The first-order valence-corrected chi connectivity index (χ1v) is 4.56. The zero-order valence-electron chi connectivity index (χ0n) is 6.80. The number of halogens is 1. The summed E-state index contributed by atoms with van der Waals surface area (Å²) in [6.07, 6.45) is 0. The number of hydroxylamine groups is 1. The summed E-state index contributed by atoms with van der Waals surface area (Å²) in [6.45, 7) is 3.83. The van der Waals surface area contributed by atoms with Gasteiger partial charge in [-0.15, -0.1) is 0 Å². The molecule has 0 radical (unpaired) electrons. The third-order valence-electron chi connectivity index (χ3n) is 1.42. The molecule has 1 rings (SSSR count). The Hall–Kier alpha value is -0.550. The monoisotopic (exact) mass is 275 g/mol. The highest BCUT2D eigenvalue weighted by atomic mass is 127. The second kappa shape index (κ2) is 4.47. The summed E-state index contributed by atoms with van der Waals surface area (Å²) in [5.41, 5.74) is 4.55. The van der Waals surface area contributed by atoms with Crippen LogP contribution in [0.1, 0.15) is 5.56 Å². The lowest BCUT2D eigenvalue weighted by Crippen LogP contribution is -2.09. The van der Waals surface area contributed by atoms with Crippen LogP contribution >= 0.6 is 22.6 Å². The summed E-state index contributed by atoms with van der Waals surface area (Å²) in [5, 5.41) is 0. The van der Waals surface area contributed by atoms with Gasteiger partial charge >= 0.3 is 0 Å². The molecule has 0 aliphatic carbocycles. The Morgan fingerprint density at radius 1 is 1.50 bits per heavy atom. The molecule has 1 N–H and O–H groups in total. The van der Waals surface area contributed by atoms with Crippen molar-refractivity contribution < 1.29 is 4.84 Å². The van der Waals surface area contributed by atoms with Crippen molar-refractivity contribution in [2.24, 2.45) is 0 Å². The molecule has 1 aromatic carbocycles. The number of nitrogens with one attached hydrogen (secondary N) is 1. The van der Waals surface area contributed by atoms with Crippen LogP contribution in [0.3, 0.4) is 0 Å². The summed E-state index contributed by atoms with van der Waals surface area (Å²) in [7, 11) is 1.57. The summed E-state index contributed by atoms with van der Waals surface area (Å²) in [6, 6.07) is 7.99. The van der Waals surface area contributed by atoms with Gasteiger partial charge in [0.15, 0.2) is 0 Å². The highest BCUT2D eigenvalue weighted by Crippen LogP contribution is 2.16. The van der Waals surface area contributed by atoms with Crippen LogP contribution in [0.5, 0.6) is 0 Å². The molecule has 3 heteroatoms. The normalized spacial score (nSPS) is 9.50. The van der Waals surface area contributed by atoms with E-state index in [0.29, 0.717) is 0 Å². The maximum Gasteiger partial charge on any atom is 0.0636 e. The standard InChI is InChI=1S/C9H10INO/c1-7(11-12-2)8-5-3-4-6-9(8)10/h3-6,11H,1H2,2H3. The van der Waals surface area contributed by atoms with Crippen LogP contribution in [-0.2, 0) is 4.84 Å². The van der Waals surface area contributed by atoms with Gasteiger partial charge in [0.2, 0.25) is 0 Å². The SMILES string of the molecule is C=C(NOC)c1ccccc1I. The van der Waals surface area contributed by atoms with Crippen LogP contribution in [0.4, 0.5) is 0 Å². The third-order valence-corrected chi connectivity index (χ3v) is 2.36. The lowest BCUT2D eigenvalue weighted by molar-refractivity contribution is 0.137.